The van der Waals surface area contributed by atoms with Gasteiger partial charge in [0.25, 0.3) is 5.91 Å². The van der Waals surface area contributed by atoms with E-state index in [0.29, 0.717) is 19.6 Å². The summed E-state index contributed by atoms with van der Waals surface area (Å²) in [7, 11) is 0. The maximum absolute atomic E-state index is 12.1. The summed E-state index contributed by atoms with van der Waals surface area (Å²) in [5, 5.41) is 12.0. The van der Waals surface area contributed by atoms with Crippen LogP contribution in [0.25, 0.3) is 0 Å². The number of carbonyl (C=O) groups excluding carboxylic acids is 1. The molecule has 0 unspecified atom stereocenters. The Bertz CT molecular complexity index is 353. The summed E-state index contributed by atoms with van der Waals surface area (Å²) >= 11 is 0. The number of amides is 1. The van der Waals surface area contributed by atoms with E-state index < -0.39 is 0 Å². The number of hydrogen-bond acceptors (Lipinski definition) is 5. The monoisotopic (exact) mass is 265 g/mol. The smallest absolute Gasteiger partial charge is 0.266 e. The third kappa shape index (κ3) is 4.89. The van der Waals surface area contributed by atoms with E-state index in [2.05, 4.69) is 10.2 Å². The lowest BCUT2D eigenvalue weighted by molar-refractivity contribution is -0.128. The van der Waals surface area contributed by atoms with Crippen LogP contribution >= 0.6 is 0 Å². The zero-order valence-electron chi connectivity index (χ0n) is 11.6. The summed E-state index contributed by atoms with van der Waals surface area (Å²) in [6.07, 6.45) is 2.49. The van der Waals surface area contributed by atoms with Crippen LogP contribution in [0.4, 0.5) is 0 Å². The summed E-state index contributed by atoms with van der Waals surface area (Å²) in [5.74, 6) is -0.182. The Balaban J connectivity index is 2.49. The van der Waals surface area contributed by atoms with Gasteiger partial charge < -0.3 is 16.0 Å². The zero-order valence-corrected chi connectivity index (χ0v) is 11.6. The Hall–Kier alpha value is -1.58. The van der Waals surface area contributed by atoms with E-state index in [1.807, 2.05) is 13.0 Å². The molecule has 1 aliphatic rings. The molecule has 0 aromatic heterocycles. The fourth-order valence-corrected chi connectivity index (χ4v) is 1.99. The standard InChI is InChI=1S/C13H23N5O/c1-2-4-16-11-12(10-15)13(19)18-8-6-17(5-3-14)7-9-18/h11,16H,2-9,14H2,1H3/b12-11-. The second kappa shape index (κ2) is 8.51. The third-order valence-corrected chi connectivity index (χ3v) is 3.10. The molecule has 6 heteroatoms. The molecule has 0 aliphatic carbocycles. The van der Waals surface area contributed by atoms with E-state index in [0.717, 1.165) is 32.6 Å². The largest absolute Gasteiger partial charge is 0.390 e. The molecule has 0 aromatic rings. The van der Waals surface area contributed by atoms with Gasteiger partial charge in [0.05, 0.1) is 0 Å². The van der Waals surface area contributed by atoms with E-state index >= 15 is 0 Å². The van der Waals surface area contributed by atoms with E-state index in [1.54, 1.807) is 4.90 Å². The van der Waals surface area contributed by atoms with Crippen molar-refractivity contribution in [3.05, 3.63) is 11.8 Å². The highest BCUT2D eigenvalue weighted by Gasteiger charge is 2.23. The van der Waals surface area contributed by atoms with Crippen molar-refractivity contribution in [2.24, 2.45) is 5.73 Å². The SMILES string of the molecule is CCCN/C=C(/C#N)C(=O)N1CCN(CCN)CC1. The van der Waals surface area contributed by atoms with Crippen LogP contribution in [0.2, 0.25) is 0 Å². The lowest BCUT2D eigenvalue weighted by Crippen LogP contribution is -2.50. The van der Waals surface area contributed by atoms with Crippen LogP contribution in [-0.4, -0.2) is 61.5 Å². The van der Waals surface area contributed by atoms with Crippen molar-refractivity contribution < 1.29 is 4.79 Å². The van der Waals surface area contributed by atoms with Crippen LogP contribution in [0.15, 0.2) is 11.8 Å². The number of nitriles is 1. The average molecular weight is 265 g/mol. The summed E-state index contributed by atoms with van der Waals surface area (Å²) in [4.78, 5) is 16.1. The van der Waals surface area contributed by atoms with E-state index in [9.17, 15) is 4.79 Å². The van der Waals surface area contributed by atoms with Gasteiger partial charge >= 0.3 is 0 Å². The first-order chi connectivity index (χ1) is 9.22. The minimum Gasteiger partial charge on any atom is -0.390 e. The van der Waals surface area contributed by atoms with Gasteiger partial charge in [-0.2, -0.15) is 5.26 Å². The van der Waals surface area contributed by atoms with Gasteiger partial charge in [-0.25, -0.2) is 0 Å². The molecule has 0 saturated carbocycles. The van der Waals surface area contributed by atoms with Crippen molar-refractivity contribution in [1.82, 2.24) is 15.1 Å². The van der Waals surface area contributed by atoms with Crippen molar-refractivity contribution in [2.75, 3.05) is 45.8 Å². The molecule has 1 saturated heterocycles. The first-order valence-corrected chi connectivity index (χ1v) is 6.78. The molecule has 6 nitrogen and oxygen atoms in total. The minimum atomic E-state index is -0.182. The van der Waals surface area contributed by atoms with Gasteiger partial charge in [-0.1, -0.05) is 6.92 Å². The van der Waals surface area contributed by atoms with Crippen molar-refractivity contribution >= 4 is 5.91 Å². The Morgan fingerprint density at radius 1 is 1.42 bits per heavy atom. The number of piperazine rings is 1. The molecular weight excluding hydrogens is 242 g/mol. The number of rotatable bonds is 6. The molecule has 0 atom stereocenters. The second-order valence-corrected chi connectivity index (χ2v) is 4.55. The average Bonchev–Trinajstić information content (AvgIpc) is 2.44. The van der Waals surface area contributed by atoms with Gasteiger partial charge in [-0.15, -0.1) is 0 Å². The number of carbonyl (C=O) groups is 1. The van der Waals surface area contributed by atoms with E-state index in [1.165, 1.54) is 6.20 Å². The van der Waals surface area contributed by atoms with Crippen molar-refractivity contribution in [3.63, 3.8) is 0 Å². The predicted octanol–water partition coefficient (Wildman–Crippen LogP) is -0.504. The molecule has 0 bridgehead atoms. The Labute approximate surface area is 114 Å². The van der Waals surface area contributed by atoms with Crippen LogP contribution in [0, 0.1) is 11.3 Å². The molecule has 1 rings (SSSR count). The highest BCUT2D eigenvalue weighted by Crippen LogP contribution is 2.06. The minimum absolute atomic E-state index is 0.181. The molecular formula is C13H23N5O. The lowest BCUT2D eigenvalue weighted by atomic mass is 10.2. The topological polar surface area (TPSA) is 85.4 Å². The molecule has 19 heavy (non-hydrogen) atoms. The first kappa shape index (κ1) is 15.5. The van der Waals surface area contributed by atoms with Crippen molar-refractivity contribution in [2.45, 2.75) is 13.3 Å². The number of nitrogens with zero attached hydrogens (tertiary/aromatic N) is 3. The second-order valence-electron chi connectivity index (χ2n) is 4.55. The van der Waals surface area contributed by atoms with Crippen LogP contribution in [-0.2, 0) is 4.79 Å². The van der Waals surface area contributed by atoms with Crippen molar-refractivity contribution in [3.8, 4) is 6.07 Å². The maximum atomic E-state index is 12.1. The number of hydrogen-bond donors (Lipinski definition) is 2. The predicted molar refractivity (Wildman–Crippen MR) is 74.1 cm³/mol. The molecule has 1 fully saturated rings. The lowest BCUT2D eigenvalue weighted by Gasteiger charge is -2.34. The zero-order chi connectivity index (χ0) is 14.1. The molecule has 1 amide bonds. The van der Waals surface area contributed by atoms with Gasteiger partial charge in [0, 0.05) is 52.0 Å². The first-order valence-electron chi connectivity index (χ1n) is 6.78. The quantitative estimate of drug-likeness (QED) is 0.384. The summed E-state index contributed by atoms with van der Waals surface area (Å²) in [6.45, 7) is 7.26. The fourth-order valence-electron chi connectivity index (χ4n) is 1.99. The van der Waals surface area contributed by atoms with Crippen LogP contribution in [0.1, 0.15) is 13.3 Å². The maximum Gasteiger partial charge on any atom is 0.266 e. The van der Waals surface area contributed by atoms with E-state index in [4.69, 9.17) is 11.0 Å². The normalized spacial score (nSPS) is 17.1. The molecule has 1 aliphatic heterocycles. The summed E-state index contributed by atoms with van der Waals surface area (Å²) in [5.41, 5.74) is 5.69. The Morgan fingerprint density at radius 2 is 2.11 bits per heavy atom. The molecule has 0 spiro atoms. The molecule has 106 valence electrons. The van der Waals surface area contributed by atoms with Gasteiger partial charge in [0.15, 0.2) is 0 Å². The van der Waals surface area contributed by atoms with Crippen LogP contribution in [0.3, 0.4) is 0 Å². The van der Waals surface area contributed by atoms with Gasteiger partial charge in [-0.3, -0.25) is 9.69 Å². The summed E-state index contributed by atoms with van der Waals surface area (Å²) in [6, 6.07) is 1.97. The highest BCUT2D eigenvalue weighted by molar-refractivity contribution is 5.97. The highest BCUT2D eigenvalue weighted by atomic mass is 16.2. The van der Waals surface area contributed by atoms with Gasteiger partial charge in [-0.05, 0) is 6.42 Å². The van der Waals surface area contributed by atoms with Crippen molar-refractivity contribution in [1.29, 1.82) is 5.26 Å². The fraction of sp³-hybridized carbons (Fsp3) is 0.692. The van der Waals surface area contributed by atoms with Crippen LogP contribution < -0.4 is 11.1 Å². The third-order valence-electron chi connectivity index (χ3n) is 3.10. The Kier molecular flexibility index (Phi) is 6.93. The summed E-state index contributed by atoms with van der Waals surface area (Å²) < 4.78 is 0. The Morgan fingerprint density at radius 3 is 2.63 bits per heavy atom. The molecule has 0 radical (unpaired) electrons. The van der Waals surface area contributed by atoms with E-state index in [-0.39, 0.29) is 11.5 Å². The van der Waals surface area contributed by atoms with Gasteiger partial charge in [0.1, 0.15) is 11.6 Å². The molecule has 0 aromatic carbocycles. The number of nitrogens with one attached hydrogen (secondary N) is 1. The molecule has 1 heterocycles. The van der Waals surface area contributed by atoms with Crippen LogP contribution in [0.5, 0.6) is 0 Å². The number of nitrogens with two attached hydrogens (primary N) is 1. The molecule has 3 N–H and O–H groups in total. The van der Waals surface area contributed by atoms with Gasteiger partial charge in [0.2, 0.25) is 0 Å².